The number of hydrogen-bond acceptors (Lipinski definition) is 6. The van der Waals surface area contributed by atoms with Crippen LogP contribution in [-0.4, -0.2) is 49.8 Å². The summed E-state index contributed by atoms with van der Waals surface area (Å²) in [6.07, 6.45) is -4.30. The highest BCUT2D eigenvalue weighted by molar-refractivity contribution is 7.92. The van der Waals surface area contributed by atoms with Crippen molar-refractivity contribution >= 4 is 21.4 Å². The second-order valence-electron chi connectivity index (χ2n) is 10.5. The van der Waals surface area contributed by atoms with Crippen LogP contribution in [-0.2, 0) is 27.4 Å². The number of alkyl halides is 3. The number of halogens is 4. The van der Waals surface area contributed by atoms with Gasteiger partial charge in [0.2, 0.25) is 0 Å². The third kappa shape index (κ3) is 6.65. The molecule has 0 bridgehead atoms. The van der Waals surface area contributed by atoms with Gasteiger partial charge in [0.05, 0.1) is 34.5 Å². The van der Waals surface area contributed by atoms with Crippen molar-refractivity contribution in [2.24, 2.45) is 5.92 Å². The van der Waals surface area contributed by atoms with Crippen LogP contribution in [0.4, 0.5) is 13.2 Å². The molecular formula is C29H33ClF3N3O3S. The molecule has 1 saturated heterocycles. The molecule has 216 valence electrons. The fourth-order valence-electron chi connectivity index (χ4n) is 5.59. The molecule has 0 amide bonds. The predicted molar refractivity (Wildman–Crippen MR) is 147 cm³/mol. The molecule has 1 N–H and O–H groups in total. The lowest BCUT2D eigenvalue weighted by Crippen LogP contribution is -2.53. The van der Waals surface area contributed by atoms with Gasteiger partial charge in [0, 0.05) is 29.7 Å². The van der Waals surface area contributed by atoms with Gasteiger partial charge in [-0.15, -0.1) is 0 Å². The number of hydrogen-bond donors (Lipinski definition) is 1. The van der Waals surface area contributed by atoms with E-state index in [9.17, 15) is 26.9 Å². The Bertz CT molecular complexity index is 1350. The van der Waals surface area contributed by atoms with Crippen molar-refractivity contribution in [3.8, 4) is 6.07 Å². The Balaban J connectivity index is 1.60. The first-order chi connectivity index (χ1) is 18.9. The number of piperidine rings is 1. The van der Waals surface area contributed by atoms with Crippen LogP contribution in [0.25, 0.3) is 0 Å². The monoisotopic (exact) mass is 595 g/mol. The fraction of sp³-hybridized carbons (Fsp3) is 0.483. The second-order valence-corrected chi connectivity index (χ2v) is 13.1. The zero-order chi connectivity index (χ0) is 29.1. The molecule has 2 aromatic rings. The van der Waals surface area contributed by atoms with E-state index in [1.165, 1.54) is 12.1 Å². The molecule has 6 nitrogen and oxygen atoms in total. The number of nitrogens with one attached hydrogen (secondary N) is 1. The van der Waals surface area contributed by atoms with Crippen LogP contribution in [0.5, 0.6) is 0 Å². The first-order valence-corrected chi connectivity index (χ1v) is 15.2. The normalized spacial score (nSPS) is 23.4. The van der Waals surface area contributed by atoms with Gasteiger partial charge in [-0.3, -0.25) is 0 Å². The number of benzene rings is 2. The lowest BCUT2D eigenvalue weighted by Gasteiger charge is -2.39. The number of nitrogens with zero attached hydrogens (tertiary/aromatic N) is 2. The minimum atomic E-state index is -4.82. The average Bonchev–Trinajstić information content (AvgIpc) is 3.38. The van der Waals surface area contributed by atoms with E-state index in [2.05, 4.69) is 29.8 Å². The van der Waals surface area contributed by atoms with E-state index in [0.717, 1.165) is 37.3 Å². The van der Waals surface area contributed by atoms with Gasteiger partial charge in [-0.2, -0.15) is 18.4 Å². The number of ether oxygens (including phenoxy) is 1. The molecule has 0 aromatic heterocycles. The van der Waals surface area contributed by atoms with Gasteiger partial charge in [-0.25, -0.2) is 8.42 Å². The lowest BCUT2D eigenvalue weighted by atomic mass is 9.87. The molecule has 2 aromatic carbocycles. The summed E-state index contributed by atoms with van der Waals surface area (Å²) in [6.45, 7) is 8.74. The van der Waals surface area contributed by atoms with Crippen LogP contribution < -0.4 is 5.32 Å². The molecule has 1 aliphatic heterocycles. The van der Waals surface area contributed by atoms with E-state index in [1.807, 2.05) is 0 Å². The van der Waals surface area contributed by atoms with E-state index in [0.29, 0.717) is 23.6 Å². The summed E-state index contributed by atoms with van der Waals surface area (Å²) in [5, 5.41) is 12.8. The Kier molecular flexibility index (Phi) is 9.20. The van der Waals surface area contributed by atoms with Crippen LogP contribution in [0.2, 0.25) is 5.02 Å². The molecule has 2 aliphatic rings. The largest absolute Gasteiger partial charge is 0.417 e. The third-order valence-corrected chi connectivity index (χ3v) is 10.5. The minimum Gasteiger partial charge on any atom is -0.373 e. The molecule has 2 fully saturated rings. The summed E-state index contributed by atoms with van der Waals surface area (Å²) in [4.78, 5) is 1.51. The Morgan fingerprint density at radius 1 is 1.18 bits per heavy atom. The summed E-state index contributed by atoms with van der Waals surface area (Å²) < 4.78 is 74.6. The maximum absolute atomic E-state index is 13.7. The number of sulfone groups is 1. The summed E-state index contributed by atoms with van der Waals surface area (Å²) in [5.74, 6) is -0.528. The van der Waals surface area contributed by atoms with Crippen molar-refractivity contribution in [1.82, 2.24) is 10.2 Å². The Labute approximate surface area is 238 Å². The first kappa shape index (κ1) is 30.4. The molecule has 1 aliphatic carbocycles. The third-order valence-electron chi connectivity index (χ3n) is 7.99. The van der Waals surface area contributed by atoms with Crippen molar-refractivity contribution in [3.63, 3.8) is 0 Å². The fourth-order valence-corrected chi connectivity index (χ4v) is 7.73. The summed E-state index contributed by atoms with van der Waals surface area (Å²) in [5.41, 5.74) is -0.756. The molecule has 0 unspecified atom stereocenters. The standard InChI is InChI=1S/C29H33ClF3N3O3S/c1-3-36-14-12-28(19-34,13-15-36)35-20(2)24-16-23(17-26(24)39-18-21-8-10-22(30)11-9-21)40(37,38)27-7-5-4-6-25(27)29(31,32)33/h4-11,23-24,26,35H,2-3,12-18H2,1H3/t23-,24+,26-/m0/s1. The number of likely N-dealkylation sites (tertiary alicyclic amines) is 1. The highest BCUT2D eigenvalue weighted by Gasteiger charge is 2.47. The van der Waals surface area contributed by atoms with Crippen LogP contribution in [0.1, 0.15) is 43.7 Å². The van der Waals surface area contributed by atoms with Crippen molar-refractivity contribution in [2.75, 3.05) is 19.6 Å². The highest BCUT2D eigenvalue weighted by Crippen LogP contribution is 2.42. The molecule has 0 spiro atoms. The predicted octanol–water partition coefficient (Wildman–Crippen LogP) is 5.98. The maximum atomic E-state index is 13.7. The maximum Gasteiger partial charge on any atom is 0.417 e. The summed E-state index contributed by atoms with van der Waals surface area (Å²) in [7, 11) is -4.36. The Hall–Kier alpha value is -2.58. The molecular weight excluding hydrogens is 563 g/mol. The van der Waals surface area contributed by atoms with E-state index in [-0.39, 0.29) is 19.4 Å². The quantitative estimate of drug-likeness (QED) is 0.384. The number of nitriles is 1. The highest BCUT2D eigenvalue weighted by atomic mass is 35.5. The van der Waals surface area contributed by atoms with Crippen LogP contribution >= 0.6 is 11.6 Å². The van der Waals surface area contributed by atoms with Crippen molar-refractivity contribution in [1.29, 1.82) is 5.26 Å². The topological polar surface area (TPSA) is 82.4 Å². The van der Waals surface area contributed by atoms with E-state index in [1.54, 1.807) is 24.3 Å². The zero-order valence-corrected chi connectivity index (χ0v) is 23.8. The molecule has 1 heterocycles. The summed E-state index contributed by atoms with van der Waals surface area (Å²) >= 11 is 5.98. The minimum absolute atomic E-state index is 0.00333. The van der Waals surface area contributed by atoms with Gasteiger partial charge in [-0.05, 0) is 62.1 Å². The van der Waals surface area contributed by atoms with Crippen molar-refractivity contribution in [2.45, 2.75) is 67.2 Å². The van der Waals surface area contributed by atoms with Gasteiger partial charge < -0.3 is 15.0 Å². The van der Waals surface area contributed by atoms with Crippen molar-refractivity contribution in [3.05, 3.63) is 77.0 Å². The Morgan fingerprint density at radius 3 is 2.42 bits per heavy atom. The van der Waals surface area contributed by atoms with Gasteiger partial charge in [0.25, 0.3) is 0 Å². The number of rotatable bonds is 9. The van der Waals surface area contributed by atoms with Crippen LogP contribution in [0.15, 0.2) is 65.7 Å². The molecule has 1 saturated carbocycles. The van der Waals surface area contributed by atoms with Gasteiger partial charge in [-0.1, -0.05) is 49.4 Å². The molecule has 40 heavy (non-hydrogen) atoms. The molecule has 11 heteroatoms. The van der Waals surface area contributed by atoms with Gasteiger partial charge in [0.1, 0.15) is 5.54 Å². The molecule has 3 atom stereocenters. The molecule has 4 rings (SSSR count). The second kappa shape index (κ2) is 12.1. The van der Waals surface area contributed by atoms with Gasteiger partial charge in [0.15, 0.2) is 9.84 Å². The van der Waals surface area contributed by atoms with Gasteiger partial charge >= 0.3 is 6.18 Å². The van der Waals surface area contributed by atoms with E-state index < -0.39 is 49.3 Å². The smallest absolute Gasteiger partial charge is 0.373 e. The lowest BCUT2D eigenvalue weighted by molar-refractivity contribution is -0.139. The van der Waals surface area contributed by atoms with Crippen LogP contribution in [0.3, 0.4) is 0 Å². The average molecular weight is 596 g/mol. The van der Waals surface area contributed by atoms with E-state index in [4.69, 9.17) is 16.3 Å². The zero-order valence-electron chi connectivity index (χ0n) is 22.3. The first-order valence-electron chi connectivity index (χ1n) is 13.3. The van der Waals surface area contributed by atoms with E-state index >= 15 is 0 Å². The Morgan fingerprint density at radius 2 is 1.82 bits per heavy atom. The van der Waals surface area contributed by atoms with Crippen LogP contribution in [0, 0.1) is 17.2 Å². The summed E-state index contributed by atoms with van der Waals surface area (Å²) in [6, 6.07) is 13.7. The van der Waals surface area contributed by atoms with Crippen molar-refractivity contribution < 1.29 is 26.3 Å². The SMILES string of the molecule is C=C(NC1(C#N)CCN(CC)CC1)[C@H]1C[C@H](S(=O)(=O)c2ccccc2C(F)(F)F)C[C@@H]1OCc1ccc(Cl)cc1. The molecule has 0 radical (unpaired) electrons.